The maximum atomic E-state index is 10.7. The average Bonchev–Trinajstić information content (AvgIpc) is 2.51. The lowest BCUT2D eigenvalue weighted by atomic mass is 10.1. The van der Waals surface area contributed by atoms with Gasteiger partial charge in [-0.3, -0.25) is 0 Å². The second-order valence-corrected chi connectivity index (χ2v) is 4.78. The highest BCUT2D eigenvalue weighted by Crippen LogP contribution is 2.24. The van der Waals surface area contributed by atoms with Crippen LogP contribution in [0.2, 0.25) is 0 Å². The van der Waals surface area contributed by atoms with Crippen molar-refractivity contribution in [1.29, 1.82) is 0 Å². The van der Waals surface area contributed by atoms with Crippen molar-refractivity contribution in [2.45, 2.75) is 44.8 Å². The summed E-state index contributed by atoms with van der Waals surface area (Å²) in [5.41, 5.74) is 0. The van der Waals surface area contributed by atoms with Crippen LogP contribution in [0.4, 0.5) is 0 Å². The molecule has 0 aromatic rings. The van der Waals surface area contributed by atoms with Crippen LogP contribution >= 0.6 is 7.94 Å². The zero-order valence-corrected chi connectivity index (χ0v) is 8.74. The Kier molecular flexibility index (Phi) is 4.81. The Morgan fingerprint density at radius 2 is 2.38 bits per heavy atom. The largest absolute Gasteiger partial charge is 0.610 e. The molecule has 13 heavy (non-hydrogen) atoms. The quantitative estimate of drug-likeness (QED) is 0.560. The highest BCUT2D eigenvalue weighted by Gasteiger charge is 2.21. The molecule has 76 valence electrons. The van der Waals surface area contributed by atoms with Crippen LogP contribution in [0, 0.1) is 0 Å². The fourth-order valence-electron chi connectivity index (χ4n) is 1.60. The van der Waals surface area contributed by atoms with Gasteiger partial charge in [-0.2, -0.15) is 0 Å². The first kappa shape index (κ1) is 11.1. The molecular formula is C8H16NO3P. The summed E-state index contributed by atoms with van der Waals surface area (Å²) in [5.74, 6) is 0. The maximum absolute atomic E-state index is 10.7. The Labute approximate surface area is 79.4 Å². The van der Waals surface area contributed by atoms with E-state index in [0.29, 0.717) is 18.4 Å². The molecule has 1 aliphatic heterocycles. The van der Waals surface area contributed by atoms with Gasteiger partial charge in [0, 0.05) is 4.91 Å². The van der Waals surface area contributed by atoms with E-state index in [2.05, 4.69) is 11.8 Å². The van der Waals surface area contributed by atoms with Gasteiger partial charge in [-0.1, -0.05) is 0 Å². The van der Waals surface area contributed by atoms with Gasteiger partial charge >= 0.3 is 0 Å². The molecule has 0 aromatic carbocycles. The summed E-state index contributed by atoms with van der Waals surface area (Å²) in [6.45, 7) is 2.07. The van der Waals surface area contributed by atoms with Gasteiger partial charge < -0.3 is 9.63 Å². The number of ether oxygens (including phenoxy) is 1. The molecular weight excluding hydrogens is 189 g/mol. The van der Waals surface area contributed by atoms with Crippen molar-refractivity contribution in [1.82, 2.24) is 0 Å². The van der Waals surface area contributed by atoms with Crippen molar-refractivity contribution >= 4 is 7.94 Å². The number of rotatable bonds is 4. The molecule has 1 rings (SSSR count). The highest BCUT2D eigenvalue weighted by molar-refractivity contribution is 7.39. The van der Waals surface area contributed by atoms with Crippen LogP contribution in [0.1, 0.15) is 32.6 Å². The van der Waals surface area contributed by atoms with Gasteiger partial charge in [0.05, 0.1) is 12.2 Å². The van der Waals surface area contributed by atoms with Crippen LogP contribution in [0.3, 0.4) is 0 Å². The Balaban J connectivity index is 2.06. The molecule has 0 saturated carbocycles. The topological polar surface area (TPSA) is 64.9 Å². The summed E-state index contributed by atoms with van der Waals surface area (Å²) in [6, 6.07) is 0. The standard InChI is InChI=1S/C8H16NO3P/c1-7-4-5-8(12-7)3-2-6-13(11)9-10/h7-8,10H,2-6H2,1H3. The molecule has 5 heteroatoms. The van der Waals surface area contributed by atoms with Gasteiger partial charge in [-0.05, 0) is 32.6 Å². The molecule has 1 saturated heterocycles. The van der Waals surface area contributed by atoms with E-state index in [1.54, 1.807) is 0 Å². The Bertz CT molecular complexity index is 186. The van der Waals surface area contributed by atoms with Gasteiger partial charge in [0.2, 0.25) is 7.94 Å². The van der Waals surface area contributed by atoms with Gasteiger partial charge in [0.15, 0.2) is 0 Å². The average molecular weight is 205 g/mol. The fourth-order valence-corrected chi connectivity index (χ4v) is 2.14. The predicted molar refractivity (Wildman–Crippen MR) is 48.8 cm³/mol. The minimum absolute atomic E-state index is 0.331. The third-order valence-electron chi connectivity index (χ3n) is 2.30. The van der Waals surface area contributed by atoms with Crippen molar-refractivity contribution in [3.63, 3.8) is 0 Å². The minimum atomic E-state index is -1.73. The van der Waals surface area contributed by atoms with E-state index in [1.807, 2.05) is 0 Å². The Hall–Kier alpha value is -0.0200. The number of nitrogens with zero attached hydrogens (tertiary/aromatic N) is 1. The fraction of sp³-hybridized carbons (Fsp3) is 1.00. The van der Waals surface area contributed by atoms with Gasteiger partial charge in [0.25, 0.3) is 0 Å². The first-order valence-electron chi connectivity index (χ1n) is 4.67. The van der Waals surface area contributed by atoms with Crippen LogP contribution in [0.25, 0.3) is 0 Å². The molecule has 0 bridgehead atoms. The summed E-state index contributed by atoms with van der Waals surface area (Å²) < 4.78 is 5.59. The van der Waals surface area contributed by atoms with E-state index in [9.17, 15) is 4.89 Å². The zero-order valence-electron chi connectivity index (χ0n) is 7.85. The summed E-state index contributed by atoms with van der Waals surface area (Å²) in [7, 11) is -1.73. The first-order chi connectivity index (χ1) is 6.22. The van der Waals surface area contributed by atoms with E-state index in [0.717, 1.165) is 25.7 Å². The second-order valence-electron chi connectivity index (χ2n) is 3.45. The summed E-state index contributed by atoms with van der Waals surface area (Å²) in [5, 5.41) is 8.18. The summed E-state index contributed by atoms with van der Waals surface area (Å²) in [6.07, 6.45) is 5.16. The number of hydrogen-bond acceptors (Lipinski definition) is 3. The van der Waals surface area contributed by atoms with Crippen LogP contribution < -0.4 is 4.89 Å². The Morgan fingerprint density at radius 3 is 2.92 bits per heavy atom. The van der Waals surface area contributed by atoms with E-state index in [1.165, 1.54) is 0 Å². The van der Waals surface area contributed by atoms with Crippen molar-refractivity contribution in [2.75, 3.05) is 6.16 Å². The van der Waals surface area contributed by atoms with E-state index < -0.39 is 7.94 Å². The summed E-state index contributed by atoms with van der Waals surface area (Å²) >= 11 is 0. The van der Waals surface area contributed by atoms with Crippen LogP contribution in [0.15, 0.2) is 4.91 Å². The van der Waals surface area contributed by atoms with E-state index in [4.69, 9.17) is 9.94 Å². The molecule has 0 aromatic heterocycles. The van der Waals surface area contributed by atoms with E-state index >= 15 is 0 Å². The molecule has 0 amide bonds. The molecule has 0 radical (unpaired) electrons. The second kappa shape index (κ2) is 5.66. The molecule has 0 spiro atoms. The lowest BCUT2D eigenvalue weighted by molar-refractivity contribution is -0.157. The van der Waals surface area contributed by atoms with Crippen molar-refractivity contribution in [3.8, 4) is 0 Å². The van der Waals surface area contributed by atoms with Crippen LogP contribution in [-0.2, 0) is 4.74 Å². The van der Waals surface area contributed by atoms with Gasteiger partial charge in [0.1, 0.15) is 6.16 Å². The lowest BCUT2D eigenvalue weighted by Gasteiger charge is -2.08. The third kappa shape index (κ3) is 4.14. The number of hydrogen-bond donors (Lipinski definition) is 1. The SMILES string of the molecule is CC1CCC(CCC/[P+]([O-])=N/O)O1. The normalized spacial score (nSPS) is 29.6. The molecule has 1 heterocycles. The van der Waals surface area contributed by atoms with E-state index in [-0.39, 0.29) is 0 Å². The molecule has 1 N–H and O–H groups in total. The smallest absolute Gasteiger partial charge is 0.201 e. The molecule has 1 aliphatic rings. The molecule has 0 aliphatic carbocycles. The minimum Gasteiger partial charge on any atom is -0.610 e. The van der Waals surface area contributed by atoms with Gasteiger partial charge in [-0.15, -0.1) is 0 Å². The van der Waals surface area contributed by atoms with Crippen molar-refractivity contribution in [3.05, 3.63) is 0 Å². The van der Waals surface area contributed by atoms with Crippen LogP contribution in [-0.4, -0.2) is 23.6 Å². The Morgan fingerprint density at radius 1 is 1.62 bits per heavy atom. The molecule has 3 unspecified atom stereocenters. The highest BCUT2D eigenvalue weighted by atomic mass is 31.1. The van der Waals surface area contributed by atoms with Crippen molar-refractivity contribution < 1.29 is 14.8 Å². The summed E-state index contributed by atoms with van der Waals surface area (Å²) in [4.78, 5) is 13.5. The molecule has 3 atom stereocenters. The molecule has 1 fully saturated rings. The van der Waals surface area contributed by atoms with Crippen molar-refractivity contribution in [2.24, 2.45) is 4.91 Å². The monoisotopic (exact) mass is 205 g/mol. The van der Waals surface area contributed by atoms with Crippen LogP contribution in [0.5, 0.6) is 0 Å². The first-order valence-corrected chi connectivity index (χ1v) is 6.07. The lowest BCUT2D eigenvalue weighted by Crippen LogP contribution is -2.08. The third-order valence-corrected chi connectivity index (χ3v) is 3.19. The molecule has 4 nitrogen and oxygen atoms in total. The predicted octanol–water partition coefficient (Wildman–Crippen LogP) is 1.66. The zero-order chi connectivity index (χ0) is 9.68. The maximum Gasteiger partial charge on any atom is 0.201 e. The van der Waals surface area contributed by atoms with Gasteiger partial charge in [-0.25, -0.2) is 5.21 Å².